The van der Waals surface area contributed by atoms with E-state index in [0.717, 1.165) is 3.79 Å². The molecule has 0 aliphatic rings. The summed E-state index contributed by atoms with van der Waals surface area (Å²) in [5.74, 6) is -0.128. The Balaban J connectivity index is 2.88. The van der Waals surface area contributed by atoms with E-state index in [9.17, 15) is 4.79 Å². The molecule has 1 aromatic rings. The first kappa shape index (κ1) is 14.6. The van der Waals surface area contributed by atoms with E-state index >= 15 is 0 Å². The van der Waals surface area contributed by atoms with E-state index in [1.807, 2.05) is 19.9 Å². The summed E-state index contributed by atoms with van der Waals surface area (Å²) < 4.78 is 0.927. The molecule has 0 bridgehead atoms. The Bertz CT molecular complexity index is 427. The number of halogens is 1. The van der Waals surface area contributed by atoms with Gasteiger partial charge in [0, 0.05) is 0 Å². The quantitative estimate of drug-likeness (QED) is 0.813. The van der Waals surface area contributed by atoms with Crippen molar-refractivity contribution in [3.8, 4) is 0 Å². The summed E-state index contributed by atoms with van der Waals surface area (Å²) in [7, 11) is 0. The number of hydrogen-bond donors (Lipinski definition) is 2. The number of carbonyl (C=O) groups excluding carboxylic acids is 1. The zero-order valence-electron chi connectivity index (χ0n) is 9.75. The van der Waals surface area contributed by atoms with E-state index in [1.165, 1.54) is 11.3 Å². The van der Waals surface area contributed by atoms with Crippen molar-refractivity contribution in [2.45, 2.75) is 32.2 Å². The van der Waals surface area contributed by atoms with Crippen LogP contribution in [0.5, 0.6) is 0 Å². The van der Waals surface area contributed by atoms with Crippen molar-refractivity contribution in [2.75, 3.05) is 0 Å². The van der Waals surface area contributed by atoms with Gasteiger partial charge in [-0.15, -0.1) is 11.3 Å². The van der Waals surface area contributed by atoms with Crippen LogP contribution in [-0.4, -0.2) is 16.4 Å². The highest BCUT2D eigenvalue weighted by molar-refractivity contribution is 9.11. The van der Waals surface area contributed by atoms with Gasteiger partial charge in [-0.05, 0) is 40.9 Å². The number of hydrogen-bond acceptors (Lipinski definition) is 3. The maximum Gasteiger partial charge on any atom is 0.262 e. The van der Waals surface area contributed by atoms with Gasteiger partial charge >= 0.3 is 0 Å². The van der Waals surface area contributed by atoms with Crippen molar-refractivity contribution < 1.29 is 4.79 Å². The average Bonchev–Trinajstić information content (AvgIpc) is 2.72. The first-order chi connectivity index (χ1) is 7.95. The summed E-state index contributed by atoms with van der Waals surface area (Å²) in [5, 5.41) is 2.94. The molecule has 0 saturated carbocycles. The third-order valence-electron chi connectivity index (χ3n) is 2.83. The molecule has 3 nitrogen and oxygen atoms in total. The van der Waals surface area contributed by atoms with Gasteiger partial charge in [-0.1, -0.05) is 26.1 Å². The fraction of sp³-hybridized carbons (Fsp3) is 0.455. The fourth-order valence-electron chi connectivity index (χ4n) is 1.55. The summed E-state index contributed by atoms with van der Waals surface area (Å²) in [6.45, 7) is 3.93. The summed E-state index contributed by atoms with van der Waals surface area (Å²) in [5.41, 5.74) is 5.15. The van der Waals surface area contributed by atoms with E-state index in [-0.39, 0.29) is 5.91 Å². The van der Waals surface area contributed by atoms with Crippen LogP contribution in [0.2, 0.25) is 0 Å². The van der Waals surface area contributed by atoms with Crippen LogP contribution in [0, 0.1) is 0 Å². The maximum atomic E-state index is 12.1. The van der Waals surface area contributed by atoms with Crippen molar-refractivity contribution in [1.82, 2.24) is 5.32 Å². The second-order valence-corrected chi connectivity index (χ2v) is 6.61. The monoisotopic (exact) mass is 334 g/mol. The van der Waals surface area contributed by atoms with Crippen LogP contribution in [-0.2, 0) is 0 Å². The van der Waals surface area contributed by atoms with E-state index in [2.05, 4.69) is 21.2 Å². The molecule has 0 aliphatic heterocycles. The molecular weight excluding hydrogens is 320 g/mol. The van der Waals surface area contributed by atoms with Gasteiger partial charge in [0.2, 0.25) is 0 Å². The van der Waals surface area contributed by atoms with Crippen LogP contribution in [0.3, 0.4) is 0 Å². The van der Waals surface area contributed by atoms with Gasteiger partial charge in [-0.2, -0.15) is 0 Å². The highest BCUT2D eigenvalue weighted by Crippen LogP contribution is 2.23. The first-order valence-corrected chi connectivity index (χ1v) is 7.34. The van der Waals surface area contributed by atoms with E-state index in [1.54, 1.807) is 6.07 Å². The molecule has 1 rings (SSSR count). The standard InChI is InChI=1S/C11H15BrN2OS2/c1-3-11(4-2,10(13)16)14-9(15)7-5-6-8(12)17-7/h5-6H,3-4H2,1-2H3,(H2,13,16)(H,14,15). The molecule has 94 valence electrons. The van der Waals surface area contributed by atoms with Crippen molar-refractivity contribution in [2.24, 2.45) is 5.73 Å². The predicted molar refractivity (Wildman–Crippen MR) is 79.6 cm³/mol. The number of thiophene rings is 1. The summed E-state index contributed by atoms with van der Waals surface area (Å²) in [6, 6.07) is 3.62. The molecule has 1 aromatic heterocycles. The lowest BCUT2D eigenvalue weighted by molar-refractivity contribution is 0.0924. The molecule has 0 atom stereocenters. The van der Waals surface area contributed by atoms with Gasteiger partial charge in [0.15, 0.2) is 0 Å². The van der Waals surface area contributed by atoms with Crippen LogP contribution in [0.25, 0.3) is 0 Å². The highest BCUT2D eigenvalue weighted by atomic mass is 79.9. The lowest BCUT2D eigenvalue weighted by atomic mass is 9.92. The van der Waals surface area contributed by atoms with Crippen LogP contribution in [0.15, 0.2) is 15.9 Å². The molecule has 0 spiro atoms. The summed E-state index contributed by atoms with van der Waals surface area (Å²) >= 11 is 9.78. The Labute approximate surface area is 119 Å². The second-order valence-electron chi connectivity index (χ2n) is 3.71. The molecule has 6 heteroatoms. The zero-order chi connectivity index (χ0) is 13.1. The second kappa shape index (κ2) is 5.93. The predicted octanol–water partition coefficient (Wildman–Crippen LogP) is 3.09. The Hall–Kier alpha value is -0.460. The molecule has 3 N–H and O–H groups in total. The topological polar surface area (TPSA) is 55.1 Å². The number of nitrogens with two attached hydrogens (primary N) is 1. The number of thiocarbonyl (C=S) groups is 1. The number of carbonyl (C=O) groups is 1. The number of amides is 1. The van der Waals surface area contributed by atoms with Crippen LogP contribution in [0.1, 0.15) is 36.4 Å². The minimum Gasteiger partial charge on any atom is -0.391 e. The molecule has 1 amide bonds. The lowest BCUT2D eigenvalue weighted by Gasteiger charge is -2.31. The van der Waals surface area contributed by atoms with E-state index in [0.29, 0.717) is 22.7 Å². The van der Waals surface area contributed by atoms with Gasteiger partial charge in [-0.3, -0.25) is 4.79 Å². The van der Waals surface area contributed by atoms with Crippen LogP contribution >= 0.6 is 39.5 Å². The van der Waals surface area contributed by atoms with Gasteiger partial charge in [0.05, 0.1) is 19.2 Å². The Morgan fingerprint density at radius 1 is 1.53 bits per heavy atom. The molecule has 1 heterocycles. The molecule has 0 aliphatic carbocycles. The number of nitrogens with one attached hydrogen (secondary N) is 1. The molecule has 17 heavy (non-hydrogen) atoms. The zero-order valence-corrected chi connectivity index (χ0v) is 13.0. The average molecular weight is 335 g/mol. The van der Waals surface area contributed by atoms with Crippen LogP contribution in [0.4, 0.5) is 0 Å². The van der Waals surface area contributed by atoms with Crippen LogP contribution < -0.4 is 11.1 Å². The van der Waals surface area contributed by atoms with Crippen molar-refractivity contribution >= 4 is 50.4 Å². The molecule has 0 unspecified atom stereocenters. The number of rotatable bonds is 5. The minimum atomic E-state index is -0.580. The minimum absolute atomic E-state index is 0.128. The largest absolute Gasteiger partial charge is 0.391 e. The Morgan fingerprint density at radius 2 is 2.12 bits per heavy atom. The van der Waals surface area contributed by atoms with Gasteiger partial charge in [-0.25, -0.2) is 0 Å². The Morgan fingerprint density at radius 3 is 2.47 bits per heavy atom. The van der Waals surface area contributed by atoms with Crippen molar-refractivity contribution in [3.05, 3.63) is 20.8 Å². The molecule has 0 fully saturated rings. The smallest absolute Gasteiger partial charge is 0.262 e. The lowest BCUT2D eigenvalue weighted by Crippen LogP contribution is -2.55. The van der Waals surface area contributed by atoms with E-state index in [4.69, 9.17) is 18.0 Å². The van der Waals surface area contributed by atoms with Gasteiger partial charge < -0.3 is 11.1 Å². The van der Waals surface area contributed by atoms with Crippen molar-refractivity contribution in [3.63, 3.8) is 0 Å². The normalized spacial score (nSPS) is 11.2. The third kappa shape index (κ3) is 3.26. The highest BCUT2D eigenvalue weighted by Gasteiger charge is 2.31. The van der Waals surface area contributed by atoms with Gasteiger partial charge in [0.25, 0.3) is 5.91 Å². The fourth-order valence-corrected chi connectivity index (χ4v) is 3.17. The molecule has 0 aromatic carbocycles. The summed E-state index contributed by atoms with van der Waals surface area (Å²) in [4.78, 5) is 13.1. The third-order valence-corrected chi connectivity index (χ3v) is 4.84. The molecular formula is C11H15BrN2OS2. The summed E-state index contributed by atoms with van der Waals surface area (Å²) in [6.07, 6.45) is 1.38. The molecule has 0 radical (unpaired) electrons. The van der Waals surface area contributed by atoms with Crippen molar-refractivity contribution in [1.29, 1.82) is 0 Å². The maximum absolute atomic E-state index is 12.1. The Kier molecular flexibility index (Phi) is 5.09. The van der Waals surface area contributed by atoms with E-state index < -0.39 is 5.54 Å². The first-order valence-electron chi connectivity index (χ1n) is 5.33. The SMILES string of the molecule is CCC(CC)(NC(=O)c1ccc(Br)s1)C(N)=S. The van der Waals surface area contributed by atoms with Gasteiger partial charge in [0.1, 0.15) is 0 Å². The molecule has 0 saturated heterocycles.